The Labute approximate surface area is 136 Å². The summed E-state index contributed by atoms with van der Waals surface area (Å²) in [5.74, 6) is 0. The van der Waals surface area contributed by atoms with E-state index in [1.165, 1.54) is 64.2 Å². The lowest BCUT2D eigenvalue weighted by Gasteiger charge is -2.15. The highest BCUT2D eigenvalue weighted by molar-refractivity contribution is 4.97. The topological polar surface area (TPSA) is 72.7 Å². The molecule has 1 heterocycles. The maximum atomic E-state index is 9.90. The van der Waals surface area contributed by atoms with Gasteiger partial charge in [-0.25, -0.2) is 0 Å². The third kappa shape index (κ3) is 7.40. The minimum absolute atomic E-state index is 0.0642. The smallest absolute Gasteiger partial charge is 0.0989 e. The molecule has 22 heavy (non-hydrogen) atoms. The van der Waals surface area contributed by atoms with Gasteiger partial charge in [0.15, 0.2) is 0 Å². The quantitative estimate of drug-likeness (QED) is 0.394. The van der Waals surface area contributed by atoms with Crippen molar-refractivity contribution in [1.29, 1.82) is 0 Å². The van der Waals surface area contributed by atoms with Crippen LogP contribution in [-0.4, -0.2) is 46.2 Å². The van der Waals surface area contributed by atoms with Crippen LogP contribution in [0.4, 0.5) is 0 Å². The van der Waals surface area contributed by atoms with Crippen LogP contribution in [0.3, 0.4) is 0 Å². The van der Waals surface area contributed by atoms with Gasteiger partial charge in [-0.05, 0) is 6.42 Å². The Kier molecular flexibility index (Phi) is 11.1. The maximum Gasteiger partial charge on any atom is 0.0989 e. The molecule has 0 saturated carbocycles. The van der Waals surface area contributed by atoms with Gasteiger partial charge in [0.2, 0.25) is 0 Å². The van der Waals surface area contributed by atoms with Crippen molar-refractivity contribution in [2.24, 2.45) is 0 Å². The summed E-state index contributed by atoms with van der Waals surface area (Å²) >= 11 is 0. The second-order valence-electron chi connectivity index (χ2n) is 6.87. The van der Waals surface area contributed by atoms with Crippen molar-refractivity contribution >= 4 is 0 Å². The molecule has 0 radical (unpaired) electrons. The molecule has 1 saturated heterocycles. The predicted molar refractivity (Wildman–Crippen MR) is 90.9 cm³/mol. The summed E-state index contributed by atoms with van der Waals surface area (Å²) in [6, 6.07) is -0.432. The van der Waals surface area contributed by atoms with E-state index in [1.54, 1.807) is 0 Å². The molecule has 132 valence electrons. The first-order valence-corrected chi connectivity index (χ1v) is 9.43. The largest absolute Gasteiger partial charge is 0.395 e. The fraction of sp³-hybridized carbons (Fsp3) is 1.00. The number of rotatable bonds is 13. The zero-order valence-corrected chi connectivity index (χ0v) is 14.3. The highest BCUT2D eigenvalue weighted by Crippen LogP contribution is 2.20. The second-order valence-corrected chi connectivity index (χ2v) is 6.87. The van der Waals surface area contributed by atoms with Crippen molar-refractivity contribution < 1.29 is 15.3 Å². The van der Waals surface area contributed by atoms with Crippen LogP contribution in [0.1, 0.15) is 84.0 Å². The minimum Gasteiger partial charge on any atom is -0.395 e. The van der Waals surface area contributed by atoms with Gasteiger partial charge < -0.3 is 20.6 Å². The first-order chi connectivity index (χ1) is 10.7. The molecular weight excluding hydrogens is 278 g/mol. The number of aliphatic hydroxyl groups excluding tert-OH is 3. The van der Waals surface area contributed by atoms with Gasteiger partial charge in [-0.15, -0.1) is 0 Å². The van der Waals surface area contributed by atoms with Gasteiger partial charge >= 0.3 is 0 Å². The molecule has 0 aromatic carbocycles. The first-order valence-electron chi connectivity index (χ1n) is 9.43. The van der Waals surface area contributed by atoms with Crippen molar-refractivity contribution in [2.75, 3.05) is 6.61 Å². The summed E-state index contributed by atoms with van der Waals surface area (Å²) < 4.78 is 0. The van der Waals surface area contributed by atoms with Gasteiger partial charge in [-0.3, -0.25) is 0 Å². The number of hydrogen-bond donors (Lipinski definition) is 4. The molecule has 1 rings (SSSR count). The monoisotopic (exact) mass is 315 g/mol. The van der Waals surface area contributed by atoms with Gasteiger partial charge in [0, 0.05) is 6.04 Å². The molecule has 4 heteroatoms. The lowest BCUT2D eigenvalue weighted by molar-refractivity contribution is 0.0186. The Bertz CT molecular complexity index is 263. The van der Waals surface area contributed by atoms with Crippen molar-refractivity contribution in [1.82, 2.24) is 5.32 Å². The standard InChI is InChI=1S/C18H37NO3/c1-2-3-4-5-6-7-8-9-10-11-12-13-15-17(21)18(22)16(14-20)19-15/h15-22H,2-14H2,1H3/t15?,16-,17-,18-/m1/s1. The van der Waals surface area contributed by atoms with E-state index in [2.05, 4.69) is 12.2 Å². The van der Waals surface area contributed by atoms with E-state index in [0.717, 1.165) is 12.8 Å². The summed E-state index contributed by atoms with van der Waals surface area (Å²) in [4.78, 5) is 0. The molecule has 4 N–H and O–H groups in total. The molecule has 4 nitrogen and oxygen atoms in total. The van der Waals surface area contributed by atoms with Crippen LogP contribution in [-0.2, 0) is 0 Å². The molecule has 0 amide bonds. The average molecular weight is 315 g/mol. The van der Waals surface area contributed by atoms with E-state index < -0.39 is 12.2 Å². The van der Waals surface area contributed by atoms with Crippen LogP contribution >= 0.6 is 0 Å². The highest BCUT2D eigenvalue weighted by atomic mass is 16.3. The van der Waals surface area contributed by atoms with Crippen molar-refractivity contribution in [3.05, 3.63) is 0 Å². The molecule has 1 aliphatic rings. The van der Waals surface area contributed by atoms with E-state index in [4.69, 9.17) is 5.11 Å². The number of unbranched alkanes of at least 4 members (excludes halogenated alkanes) is 10. The van der Waals surface area contributed by atoms with E-state index in [9.17, 15) is 10.2 Å². The Morgan fingerprint density at radius 2 is 1.14 bits per heavy atom. The van der Waals surface area contributed by atoms with Crippen molar-refractivity contribution in [3.63, 3.8) is 0 Å². The molecule has 1 aliphatic heterocycles. The lowest BCUT2D eigenvalue weighted by atomic mass is 10.0. The van der Waals surface area contributed by atoms with Gasteiger partial charge in [0.05, 0.1) is 24.9 Å². The van der Waals surface area contributed by atoms with Crippen LogP contribution < -0.4 is 5.32 Å². The average Bonchev–Trinajstić information content (AvgIpc) is 2.80. The van der Waals surface area contributed by atoms with Crippen molar-refractivity contribution in [2.45, 2.75) is 108 Å². The van der Waals surface area contributed by atoms with Crippen LogP contribution in [0.25, 0.3) is 0 Å². The molecule has 1 fully saturated rings. The Morgan fingerprint density at radius 1 is 0.682 bits per heavy atom. The molecule has 0 aromatic rings. The third-order valence-electron chi connectivity index (χ3n) is 4.92. The number of aliphatic hydroxyl groups is 3. The van der Waals surface area contributed by atoms with Crippen LogP contribution in [0.15, 0.2) is 0 Å². The van der Waals surface area contributed by atoms with E-state index in [1.807, 2.05) is 0 Å². The van der Waals surface area contributed by atoms with Crippen LogP contribution in [0.2, 0.25) is 0 Å². The number of hydrogen-bond acceptors (Lipinski definition) is 4. The second kappa shape index (κ2) is 12.3. The summed E-state index contributed by atoms with van der Waals surface area (Å²) in [5, 5.41) is 31.9. The first kappa shape index (κ1) is 19.9. The van der Waals surface area contributed by atoms with E-state index >= 15 is 0 Å². The van der Waals surface area contributed by atoms with Crippen LogP contribution in [0.5, 0.6) is 0 Å². The normalized spacial score (nSPS) is 28.4. The van der Waals surface area contributed by atoms with E-state index in [0.29, 0.717) is 0 Å². The molecule has 1 unspecified atom stereocenters. The van der Waals surface area contributed by atoms with Crippen LogP contribution in [0, 0.1) is 0 Å². The summed E-state index contributed by atoms with van der Waals surface area (Å²) in [6.45, 7) is 2.14. The Hall–Kier alpha value is -0.160. The fourth-order valence-corrected chi connectivity index (χ4v) is 3.39. The van der Waals surface area contributed by atoms with Gasteiger partial charge in [-0.1, -0.05) is 77.6 Å². The minimum atomic E-state index is -0.831. The summed E-state index contributed by atoms with van der Waals surface area (Å²) in [5.41, 5.74) is 0. The Balaban J connectivity index is 1.89. The fourth-order valence-electron chi connectivity index (χ4n) is 3.39. The third-order valence-corrected chi connectivity index (χ3v) is 4.92. The zero-order valence-electron chi connectivity index (χ0n) is 14.3. The SMILES string of the molecule is CCCCCCCCCCCCCC1N[C@H](CO)[C@@H](O)[C@@H]1O. The molecule has 0 aromatic heterocycles. The number of nitrogens with one attached hydrogen (secondary N) is 1. The molecule has 4 atom stereocenters. The molecular formula is C18H37NO3. The van der Waals surface area contributed by atoms with Crippen molar-refractivity contribution in [3.8, 4) is 0 Å². The Morgan fingerprint density at radius 3 is 1.59 bits per heavy atom. The lowest BCUT2D eigenvalue weighted by Crippen LogP contribution is -2.36. The molecule has 0 spiro atoms. The van der Waals surface area contributed by atoms with Gasteiger partial charge in [0.1, 0.15) is 0 Å². The highest BCUT2D eigenvalue weighted by Gasteiger charge is 2.39. The van der Waals surface area contributed by atoms with Gasteiger partial charge in [0.25, 0.3) is 0 Å². The molecule has 0 aliphatic carbocycles. The summed E-state index contributed by atoms with van der Waals surface area (Å²) in [7, 11) is 0. The van der Waals surface area contributed by atoms with E-state index in [-0.39, 0.29) is 18.7 Å². The maximum absolute atomic E-state index is 9.90. The predicted octanol–water partition coefficient (Wildman–Crippen LogP) is 2.74. The zero-order chi connectivity index (χ0) is 16.2. The summed E-state index contributed by atoms with van der Waals surface area (Å²) in [6.07, 6.45) is 13.8. The molecule has 0 bridgehead atoms. The van der Waals surface area contributed by atoms with Gasteiger partial charge in [-0.2, -0.15) is 0 Å².